The van der Waals surface area contributed by atoms with Crippen molar-refractivity contribution in [2.75, 3.05) is 35.6 Å². The first kappa shape index (κ1) is 21.2. The zero-order chi connectivity index (χ0) is 21.3. The van der Waals surface area contributed by atoms with E-state index in [0.29, 0.717) is 29.5 Å². The number of hydrogen-bond acceptors (Lipinski definition) is 5. The van der Waals surface area contributed by atoms with Crippen LogP contribution in [0.3, 0.4) is 0 Å². The molecule has 1 N–H and O–H groups in total. The molecule has 0 bridgehead atoms. The number of halogens is 1. The smallest absolute Gasteiger partial charge is 0.244 e. The maximum absolute atomic E-state index is 12.9. The number of hydrogen-bond donors (Lipinski definition) is 1. The summed E-state index contributed by atoms with van der Waals surface area (Å²) in [5.74, 6) is -0.426. The molecule has 30 heavy (non-hydrogen) atoms. The van der Waals surface area contributed by atoms with E-state index in [9.17, 15) is 18.0 Å². The number of sulfonamides is 1. The number of fused-ring (bicyclic) bond motifs is 1. The minimum Gasteiger partial charge on any atom is -0.325 e. The Morgan fingerprint density at radius 3 is 2.50 bits per heavy atom. The van der Waals surface area contributed by atoms with Gasteiger partial charge in [0.05, 0.1) is 16.3 Å². The SMILES string of the molecule is O=C(CN1C(=O)CSc2ccc(S(=O)(=O)N3CCCC3)cc21)Nc1ccc(Cl)cc1. The lowest BCUT2D eigenvalue weighted by Crippen LogP contribution is -2.41. The molecular weight excluding hydrogens is 446 g/mol. The van der Waals surface area contributed by atoms with E-state index in [1.54, 1.807) is 36.4 Å². The summed E-state index contributed by atoms with van der Waals surface area (Å²) in [5.41, 5.74) is 1.01. The molecular formula is C20H20ClN3O4S2. The Balaban J connectivity index is 1.58. The van der Waals surface area contributed by atoms with Crippen molar-refractivity contribution >= 4 is 56.6 Å². The van der Waals surface area contributed by atoms with Gasteiger partial charge in [-0.1, -0.05) is 11.6 Å². The summed E-state index contributed by atoms with van der Waals surface area (Å²) >= 11 is 7.20. The van der Waals surface area contributed by atoms with Crippen LogP contribution in [0.5, 0.6) is 0 Å². The van der Waals surface area contributed by atoms with E-state index in [-0.39, 0.29) is 29.0 Å². The molecule has 10 heteroatoms. The first-order valence-corrected chi connectivity index (χ1v) is 12.3. The second-order valence-corrected chi connectivity index (χ2v) is 10.5. The highest BCUT2D eigenvalue weighted by atomic mass is 35.5. The molecule has 0 spiro atoms. The maximum atomic E-state index is 12.9. The summed E-state index contributed by atoms with van der Waals surface area (Å²) in [4.78, 5) is 27.4. The summed E-state index contributed by atoms with van der Waals surface area (Å²) in [6.45, 7) is 0.795. The molecule has 2 aliphatic rings. The molecule has 0 unspecified atom stereocenters. The number of rotatable bonds is 5. The highest BCUT2D eigenvalue weighted by molar-refractivity contribution is 8.00. The van der Waals surface area contributed by atoms with Gasteiger partial charge in [0.2, 0.25) is 21.8 Å². The van der Waals surface area contributed by atoms with Crippen LogP contribution in [0, 0.1) is 0 Å². The number of nitrogens with zero attached hydrogens (tertiary/aromatic N) is 2. The van der Waals surface area contributed by atoms with E-state index < -0.39 is 10.0 Å². The molecule has 1 fully saturated rings. The average Bonchev–Trinajstić information content (AvgIpc) is 3.27. The van der Waals surface area contributed by atoms with Crippen molar-refractivity contribution in [3.05, 3.63) is 47.5 Å². The molecule has 4 rings (SSSR count). The van der Waals surface area contributed by atoms with Gasteiger partial charge in [-0.25, -0.2) is 8.42 Å². The van der Waals surface area contributed by atoms with E-state index >= 15 is 0 Å². The third kappa shape index (κ3) is 4.34. The zero-order valence-corrected chi connectivity index (χ0v) is 18.4. The van der Waals surface area contributed by atoms with Gasteiger partial charge in [-0.15, -0.1) is 11.8 Å². The van der Waals surface area contributed by atoms with Crippen LogP contribution in [0.15, 0.2) is 52.3 Å². The summed E-state index contributed by atoms with van der Waals surface area (Å²) in [7, 11) is -3.62. The van der Waals surface area contributed by atoms with Gasteiger partial charge in [0.15, 0.2) is 0 Å². The van der Waals surface area contributed by atoms with Crippen LogP contribution in [-0.2, 0) is 19.6 Å². The lowest BCUT2D eigenvalue weighted by molar-refractivity contribution is -0.120. The van der Waals surface area contributed by atoms with Crippen LogP contribution in [0.4, 0.5) is 11.4 Å². The van der Waals surface area contributed by atoms with E-state index in [1.165, 1.54) is 27.0 Å². The van der Waals surface area contributed by atoms with Crippen LogP contribution < -0.4 is 10.2 Å². The maximum Gasteiger partial charge on any atom is 0.244 e. The lowest BCUT2D eigenvalue weighted by Gasteiger charge is -2.29. The minimum atomic E-state index is -3.62. The number of benzene rings is 2. The first-order valence-electron chi connectivity index (χ1n) is 9.47. The fraction of sp³-hybridized carbons (Fsp3) is 0.300. The average molecular weight is 466 g/mol. The summed E-state index contributed by atoms with van der Waals surface area (Å²) in [5, 5.41) is 3.29. The zero-order valence-electron chi connectivity index (χ0n) is 16.0. The highest BCUT2D eigenvalue weighted by Gasteiger charge is 2.31. The van der Waals surface area contributed by atoms with E-state index in [1.807, 2.05) is 0 Å². The predicted octanol–water partition coefficient (Wildman–Crippen LogP) is 3.20. The second kappa shape index (κ2) is 8.58. The van der Waals surface area contributed by atoms with E-state index in [2.05, 4.69) is 5.32 Å². The quantitative estimate of drug-likeness (QED) is 0.732. The molecule has 0 radical (unpaired) electrons. The van der Waals surface area contributed by atoms with Gasteiger partial charge in [0, 0.05) is 28.7 Å². The van der Waals surface area contributed by atoms with Gasteiger partial charge in [0.25, 0.3) is 0 Å². The molecule has 1 saturated heterocycles. The molecule has 2 aliphatic heterocycles. The topological polar surface area (TPSA) is 86.8 Å². The number of carbonyl (C=O) groups excluding carboxylic acids is 2. The summed E-state index contributed by atoms with van der Waals surface area (Å²) < 4.78 is 27.3. The molecule has 0 aromatic heterocycles. The Kier molecular flexibility index (Phi) is 6.06. The fourth-order valence-corrected chi connectivity index (χ4v) is 6.05. The van der Waals surface area contributed by atoms with Gasteiger partial charge in [0.1, 0.15) is 6.54 Å². The number of carbonyl (C=O) groups is 2. The van der Waals surface area contributed by atoms with Crippen LogP contribution in [0.2, 0.25) is 5.02 Å². The Hall–Kier alpha value is -2.07. The number of anilines is 2. The van der Waals surface area contributed by atoms with E-state index in [0.717, 1.165) is 17.7 Å². The third-order valence-electron chi connectivity index (χ3n) is 5.01. The second-order valence-electron chi connectivity index (χ2n) is 7.06. The molecule has 2 aromatic rings. The molecule has 0 saturated carbocycles. The first-order chi connectivity index (χ1) is 14.3. The Morgan fingerprint density at radius 2 is 1.80 bits per heavy atom. The van der Waals surface area contributed by atoms with Crippen molar-refractivity contribution in [1.82, 2.24) is 4.31 Å². The van der Waals surface area contributed by atoms with Gasteiger partial charge < -0.3 is 10.2 Å². The van der Waals surface area contributed by atoms with Gasteiger partial charge in [-0.2, -0.15) is 4.31 Å². The van der Waals surface area contributed by atoms with Crippen LogP contribution >= 0.6 is 23.4 Å². The van der Waals surface area contributed by atoms with Gasteiger partial charge in [-0.3, -0.25) is 9.59 Å². The summed E-state index contributed by atoms with van der Waals surface area (Å²) in [6.07, 6.45) is 1.69. The van der Waals surface area contributed by atoms with Crippen LogP contribution in [0.25, 0.3) is 0 Å². The number of amides is 2. The predicted molar refractivity (Wildman–Crippen MR) is 118 cm³/mol. The molecule has 0 aliphatic carbocycles. The molecule has 0 atom stereocenters. The molecule has 7 nitrogen and oxygen atoms in total. The number of nitrogens with one attached hydrogen (secondary N) is 1. The van der Waals surface area contributed by atoms with Crippen LogP contribution in [-0.4, -0.2) is 49.9 Å². The standard InChI is InChI=1S/C20H20ClN3O4S2/c21-14-3-5-15(6-4-14)22-19(25)12-24-17-11-16(7-8-18(17)29-13-20(24)26)30(27,28)23-9-1-2-10-23/h3-8,11H,1-2,9-10,12-13H2,(H,22,25). The minimum absolute atomic E-state index is 0.140. The van der Waals surface area contributed by atoms with Crippen LogP contribution in [0.1, 0.15) is 12.8 Å². The fourth-order valence-electron chi connectivity index (χ4n) is 3.47. The largest absolute Gasteiger partial charge is 0.325 e. The monoisotopic (exact) mass is 465 g/mol. The van der Waals surface area contributed by atoms with Gasteiger partial charge >= 0.3 is 0 Å². The van der Waals surface area contributed by atoms with Crippen molar-refractivity contribution in [3.8, 4) is 0 Å². The van der Waals surface area contributed by atoms with Crippen molar-refractivity contribution in [3.63, 3.8) is 0 Å². The molecule has 2 aromatic carbocycles. The number of thioether (sulfide) groups is 1. The Bertz CT molecular complexity index is 1080. The highest BCUT2D eigenvalue weighted by Crippen LogP contribution is 2.37. The lowest BCUT2D eigenvalue weighted by atomic mass is 10.2. The third-order valence-corrected chi connectivity index (χ3v) is 8.20. The molecule has 2 heterocycles. The molecule has 158 valence electrons. The Labute approximate surface area is 184 Å². The van der Waals surface area contributed by atoms with Crippen molar-refractivity contribution in [2.24, 2.45) is 0 Å². The Morgan fingerprint density at radius 1 is 1.10 bits per heavy atom. The van der Waals surface area contributed by atoms with Crippen molar-refractivity contribution in [1.29, 1.82) is 0 Å². The summed E-state index contributed by atoms with van der Waals surface area (Å²) in [6, 6.07) is 11.4. The van der Waals surface area contributed by atoms with E-state index in [4.69, 9.17) is 11.6 Å². The normalized spacial score (nSPS) is 17.1. The van der Waals surface area contributed by atoms with Crippen molar-refractivity contribution < 1.29 is 18.0 Å². The van der Waals surface area contributed by atoms with Crippen molar-refractivity contribution in [2.45, 2.75) is 22.6 Å². The molecule has 2 amide bonds. The van der Waals surface area contributed by atoms with Gasteiger partial charge in [-0.05, 0) is 55.3 Å².